The average Bonchev–Trinajstić information content (AvgIpc) is 2.28. The molecule has 0 fully saturated rings. The summed E-state index contributed by atoms with van der Waals surface area (Å²) in [7, 11) is 0. The summed E-state index contributed by atoms with van der Waals surface area (Å²) in [4.78, 5) is 0. The fourth-order valence-corrected chi connectivity index (χ4v) is 2.17. The molecule has 90 valence electrons. The molecule has 0 bridgehead atoms. The number of aliphatic hydroxyl groups is 2. The Morgan fingerprint density at radius 1 is 1.12 bits per heavy atom. The molecule has 0 heterocycles. The maximum absolute atomic E-state index is 9.74. The Balaban J connectivity index is 2.42. The molecule has 0 aliphatic carbocycles. The van der Waals surface area contributed by atoms with Crippen LogP contribution in [0.4, 0.5) is 0 Å². The lowest BCUT2D eigenvalue weighted by atomic mass is 10.0. The number of aryl methyl sites for hydroxylation is 1. The van der Waals surface area contributed by atoms with E-state index in [4.69, 9.17) is 0 Å². The van der Waals surface area contributed by atoms with E-state index < -0.39 is 12.2 Å². The van der Waals surface area contributed by atoms with Gasteiger partial charge in [0.2, 0.25) is 0 Å². The maximum atomic E-state index is 9.74. The minimum absolute atomic E-state index is 0.590. The van der Waals surface area contributed by atoms with Gasteiger partial charge in [0.1, 0.15) is 0 Å². The van der Waals surface area contributed by atoms with Crippen molar-refractivity contribution < 1.29 is 10.2 Å². The summed E-state index contributed by atoms with van der Waals surface area (Å²) in [5, 5.41) is 19.3. The summed E-state index contributed by atoms with van der Waals surface area (Å²) in [6.07, 6.45) is 1.73. The molecule has 1 rings (SSSR count). The fourth-order valence-electron chi connectivity index (χ4n) is 1.69. The monoisotopic (exact) mass is 286 g/mol. The minimum Gasteiger partial charge on any atom is -0.390 e. The van der Waals surface area contributed by atoms with Crippen molar-refractivity contribution >= 4 is 15.9 Å². The first-order valence-electron chi connectivity index (χ1n) is 5.74. The van der Waals surface area contributed by atoms with E-state index in [2.05, 4.69) is 15.9 Å². The molecule has 1 aromatic carbocycles. The van der Waals surface area contributed by atoms with Crippen molar-refractivity contribution in [3.05, 3.63) is 34.3 Å². The molecule has 0 aliphatic heterocycles. The van der Waals surface area contributed by atoms with Crippen molar-refractivity contribution in [2.45, 2.75) is 44.8 Å². The van der Waals surface area contributed by atoms with Gasteiger partial charge in [0, 0.05) is 4.47 Å². The SMILES string of the molecule is CCCC(O)C(O)CCc1ccccc1Br. The Bertz CT molecular complexity index is 315. The molecule has 2 N–H and O–H groups in total. The van der Waals surface area contributed by atoms with Gasteiger partial charge in [-0.1, -0.05) is 47.5 Å². The molecule has 0 amide bonds. The van der Waals surface area contributed by atoms with Crippen LogP contribution in [0.25, 0.3) is 0 Å². The van der Waals surface area contributed by atoms with Crippen LogP contribution in [-0.2, 0) is 6.42 Å². The number of aliphatic hydroxyl groups excluding tert-OH is 2. The van der Waals surface area contributed by atoms with E-state index >= 15 is 0 Å². The van der Waals surface area contributed by atoms with Gasteiger partial charge >= 0.3 is 0 Å². The summed E-state index contributed by atoms with van der Waals surface area (Å²) in [5.41, 5.74) is 1.17. The van der Waals surface area contributed by atoms with Crippen molar-refractivity contribution in [1.29, 1.82) is 0 Å². The highest BCUT2D eigenvalue weighted by molar-refractivity contribution is 9.10. The lowest BCUT2D eigenvalue weighted by Crippen LogP contribution is -2.26. The number of halogens is 1. The van der Waals surface area contributed by atoms with Crippen LogP contribution in [0.15, 0.2) is 28.7 Å². The molecular weight excluding hydrogens is 268 g/mol. The van der Waals surface area contributed by atoms with Gasteiger partial charge < -0.3 is 10.2 Å². The Kier molecular flexibility index (Phi) is 6.03. The Morgan fingerprint density at radius 3 is 2.38 bits per heavy atom. The Morgan fingerprint density at radius 2 is 1.75 bits per heavy atom. The average molecular weight is 287 g/mol. The molecule has 0 saturated carbocycles. The molecule has 0 aliphatic rings. The van der Waals surface area contributed by atoms with E-state index in [0.29, 0.717) is 12.8 Å². The van der Waals surface area contributed by atoms with Crippen LogP contribution < -0.4 is 0 Å². The predicted molar refractivity (Wildman–Crippen MR) is 69.4 cm³/mol. The zero-order chi connectivity index (χ0) is 12.0. The highest BCUT2D eigenvalue weighted by Gasteiger charge is 2.15. The molecule has 1 aromatic rings. The summed E-state index contributed by atoms with van der Waals surface area (Å²) in [6, 6.07) is 7.97. The molecule has 0 spiro atoms. The highest BCUT2D eigenvalue weighted by Crippen LogP contribution is 2.19. The van der Waals surface area contributed by atoms with E-state index in [0.717, 1.165) is 17.3 Å². The van der Waals surface area contributed by atoms with Crippen LogP contribution in [0.1, 0.15) is 31.7 Å². The lowest BCUT2D eigenvalue weighted by molar-refractivity contribution is 0.00979. The third kappa shape index (κ3) is 4.24. The van der Waals surface area contributed by atoms with Crippen LogP contribution in [0.5, 0.6) is 0 Å². The molecular formula is C13H19BrO2. The van der Waals surface area contributed by atoms with Crippen LogP contribution in [0.2, 0.25) is 0 Å². The molecule has 2 nitrogen and oxygen atoms in total. The van der Waals surface area contributed by atoms with Crippen molar-refractivity contribution in [2.24, 2.45) is 0 Å². The molecule has 0 saturated heterocycles. The van der Waals surface area contributed by atoms with Crippen LogP contribution in [0, 0.1) is 0 Å². The number of rotatable bonds is 6. The van der Waals surface area contributed by atoms with Gasteiger partial charge in [-0.15, -0.1) is 0 Å². The van der Waals surface area contributed by atoms with Gasteiger partial charge in [-0.2, -0.15) is 0 Å². The normalized spacial score (nSPS) is 14.8. The van der Waals surface area contributed by atoms with E-state index in [1.54, 1.807) is 0 Å². The quantitative estimate of drug-likeness (QED) is 0.844. The van der Waals surface area contributed by atoms with Gasteiger partial charge in [-0.25, -0.2) is 0 Å². The van der Waals surface area contributed by atoms with Crippen LogP contribution in [-0.4, -0.2) is 22.4 Å². The van der Waals surface area contributed by atoms with Crippen LogP contribution in [0.3, 0.4) is 0 Å². The number of hydrogen-bond donors (Lipinski definition) is 2. The lowest BCUT2D eigenvalue weighted by Gasteiger charge is -2.17. The summed E-state index contributed by atoms with van der Waals surface area (Å²) in [5.74, 6) is 0. The molecule has 2 atom stereocenters. The fraction of sp³-hybridized carbons (Fsp3) is 0.538. The maximum Gasteiger partial charge on any atom is 0.0802 e. The zero-order valence-electron chi connectivity index (χ0n) is 9.56. The van der Waals surface area contributed by atoms with E-state index in [1.807, 2.05) is 31.2 Å². The summed E-state index contributed by atoms with van der Waals surface area (Å²) < 4.78 is 1.06. The van der Waals surface area contributed by atoms with E-state index in [-0.39, 0.29) is 0 Å². The third-order valence-corrected chi connectivity index (χ3v) is 3.47. The second-order valence-electron chi connectivity index (χ2n) is 4.05. The molecule has 0 aromatic heterocycles. The summed E-state index contributed by atoms with van der Waals surface area (Å²) in [6.45, 7) is 2.00. The Labute approximate surface area is 105 Å². The number of hydrogen-bond acceptors (Lipinski definition) is 2. The van der Waals surface area contributed by atoms with Crippen molar-refractivity contribution in [1.82, 2.24) is 0 Å². The molecule has 3 heteroatoms. The first-order chi connectivity index (χ1) is 7.65. The smallest absolute Gasteiger partial charge is 0.0802 e. The van der Waals surface area contributed by atoms with Crippen LogP contribution >= 0.6 is 15.9 Å². The summed E-state index contributed by atoms with van der Waals surface area (Å²) >= 11 is 3.47. The third-order valence-electron chi connectivity index (χ3n) is 2.70. The van der Waals surface area contributed by atoms with Crippen molar-refractivity contribution in [3.8, 4) is 0 Å². The van der Waals surface area contributed by atoms with Gasteiger partial charge in [0.05, 0.1) is 12.2 Å². The van der Waals surface area contributed by atoms with Crippen molar-refractivity contribution in [3.63, 3.8) is 0 Å². The van der Waals surface area contributed by atoms with Gasteiger partial charge in [-0.05, 0) is 30.9 Å². The minimum atomic E-state index is -0.618. The van der Waals surface area contributed by atoms with E-state index in [9.17, 15) is 10.2 Å². The second-order valence-corrected chi connectivity index (χ2v) is 4.91. The Hall–Kier alpha value is -0.380. The molecule has 16 heavy (non-hydrogen) atoms. The predicted octanol–water partition coefficient (Wildman–Crippen LogP) is 2.90. The van der Waals surface area contributed by atoms with Gasteiger partial charge in [0.15, 0.2) is 0 Å². The standard InChI is InChI=1S/C13H19BrO2/c1-2-5-12(15)13(16)9-8-10-6-3-4-7-11(10)14/h3-4,6-7,12-13,15-16H,2,5,8-9H2,1H3. The van der Waals surface area contributed by atoms with E-state index in [1.165, 1.54) is 5.56 Å². The zero-order valence-corrected chi connectivity index (χ0v) is 11.2. The second kappa shape index (κ2) is 7.05. The largest absolute Gasteiger partial charge is 0.390 e. The number of benzene rings is 1. The van der Waals surface area contributed by atoms with Gasteiger partial charge in [0.25, 0.3) is 0 Å². The topological polar surface area (TPSA) is 40.5 Å². The highest BCUT2D eigenvalue weighted by atomic mass is 79.9. The first-order valence-corrected chi connectivity index (χ1v) is 6.54. The molecule has 0 radical (unpaired) electrons. The van der Waals surface area contributed by atoms with Crippen molar-refractivity contribution in [2.75, 3.05) is 0 Å². The first kappa shape index (κ1) is 13.7. The van der Waals surface area contributed by atoms with Gasteiger partial charge in [-0.3, -0.25) is 0 Å². The molecule has 2 unspecified atom stereocenters.